The average Bonchev–Trinajstić information content (AvgIpc) is 2.32. The summed E-state index contributed by atoms with van der Waals surface area (Å²) in [6, 6.07) is 0.620. The van der Waals surface area contributed by atoms with Gasteiger partial charge < -0.3 is 10.0 Å². The molecule has 0 aromatic heterocycles. The molecule has 0 radical (unpaired) electrons. The molecule has 2 aliphatic rings. The lowest BCUT2D eigenvalue weighted by molar-refractivity contribution is -0.144. The number of carbonyl (C=O) groups excluding carboxylic acids is 1. The zero-order valence-corrected chi connectivity index (χ0v) is 12.5. The molecule has 6 heteroatoms. The van der Waals surface area contributed by atoms with Crippen molar-refractivity contribution in [3.8, 4) is 0 Å². The topological polar surface area (TPSA) is 72.9 Å². The summed E-state index contributed by atoms with van der Waals surface area (Å²) in [5.41, 5.74) is 2.98. The fraction of sp³-hybridized carbons (Fsp3) is 0.857. The molecule has 2 saturated heterocycles. The number of nitrogens with one attached hydrogen (secondary N) is 1. The number of amides is 2. The summed E-state index contributed by atoms with van der Waals surface area (Å²) in [4.78, 5) is 24.7. The van der Waals surface area contributed by atoms with E-state index in [4.69, 9.17) is 5.11 Å². The lowest BCUT2D eigenvalue weighted by Gasteiger charge is -2.44. The van der Waals surface area contributed by atoms with E-state index in [0.29, 0.717) is 25.2 Å². The fourth-order valence-electron chi connectivity index (χ4n) is 3.02. The smallest absolute Gasteiger partial charge is 0.331 e. The van der Waals surface area contributed by atoms with E-state index >= 15 is 0 Å². The van der Waals surface area contributed by atoms with Gasteiger partial charge in [0.1, 0.15) is 0 Å². The third-order valence-electron chi connectivity index (χ3n) is 4.71. The second kappa shape index (κ2) is 5.99. The molecule has 2 N–H and O–H groups in total. The molecule has 0 aromatic rings. The maximum Gasteiger partial charge on any atom is 0.331 e. The Bertz CT molecular complexity index is 372. The van der Waals surface area contributed by atoms with Crippen molar-refractivity contribution in [1.82, 2.24) is 15.3 Å². The number of hydrogen-bond acceptors (Lipinski definition) is 3. The lowest BCUT2D eigenvalue weighted by atomic mass is 9.87. The SMILES string of the molecule is CC(C(=O)O)C1CN(C(=O)NN2C(C)CCCC2C)C1. The normalized spacial score (nSPS) is 29.6. The number of piperidine rings is 1. The molecule has 2 aliphatic heterocycles. The first-order valence-electron chi connectivity index (χ1n) is 7.46. The third kappa shape index (κ3) is 3.06. The molecule has 0 bridgehead atoms. The van der Waals surface area contributed by atoms with Crippen LogP contribution in [0.2, 0.25) is 0 Å². The van der Waals surface area contributed by atoms with Gasteiger partial charge in [-0.2, -0.15) is 0 Å². The first-order valence-corrected chi connectivity index (χ1v) is 7.46. The second-order valence-corrected chi connectivity index (χ2v) is 6.25. The Labute approximate surface area is 120 Å². The maximum absolute atomic E-state index is 12.1. The molecular weight excluding hydrogens is 258 g/mol. The molecule has 0 aliphatic carbocycles. The number of carbonyl (C=O) groups is 2. The van der Waals surface area contributed by atoms with Gasteiger partial charge in [0, 0.05) is 31.1 Å². The van der Waals surface area contributed by atoms with E-state index in [2.05, 4.69) is 19.3 Å². The molecule has 2 heterocycles. The van der Waals surface area contributed by atoms with Gasteiger partial charge in [0.2, 0.25) is 0 Å². The van der Waals surface area contributed by atoms with Crippen molar-refractivity contribution in [1.29, 1.82) is 0 Å². The molecule has 0 aromatic carbocycles. The van der Waals surface area contributed by atoms with Crippen LogP contribution in [0.15, 0.2) is 0 Å². The van der Waals surface area contributed by atoms with Crippen molar-refractivity contribution in [2.24, 2.45) is 11.8 Å². The van der Waals surface area contributed by atoms with Crippen molar-refractivity contribution in [3.63, 3.8) is 0 Å². The zero-order chi connectivity index (χ0) is 14.9. The summed E-state index contributed by atoms with van der Waals surface area (Å²) in [6.07, 6.45) is 3.41. The molecular formula is C14H25N3O3. The van der Waals surface area contributed by atoms with Crippen LogP contribution < -0.4 is 5.43 Å². The van der Waals surface area contributed by atoms with Crippen LogP contribution in [0.3, 0.4) is 0 Å². The Morgan fingerprint density at radius 2 is 1.75 bits per heavy atom. The molecule has 2 fully saturated rings. The highest BCUT2D eigenvalue weighted by Gasteiger charge is 2.38. The molecule has 2 rings (SSSR count). The van der Waals surface area contributed by atoms with Gasteiger partial charge in [-0.3, -0.25) is 10.2 Å². The van der Waals surface area contributed by atoms with E-state index in [0.717, 1.165) is 12.8 Å². The van der Waals surface area contributed by atoms with Crippen LogP contribution in [0, 0.1) is 11.8 Å². The predicted molar refractivity (Wildman–Crippen MR) is 75.0 cm³/mol. The minimum Gasteiger partial charge on any atom is -0.481 e. The minimum absolute atomic E-state index is 0.0782. The van der Waals surface area contributed by atoms with E-state index in [1.807, 2.05) is 5.01 Å². The number of nitrogens with zero attached hydrogens (tertiary/aromatic N) is 2. The second-order valence-electron chi connectivity index (χ2n) is 6.25. The predicted octanol–water partition coefficient (Wildman–Crippen LogP) is 1.53. The summed E-state index contributed by atoms with van der Waals surface area (Å²) in [5.74, 6) is -1.09. The quantitative estimate of drug-likeness (QED) is 0.824. The number of urea groups is 1. The number of likely N-dealkylation sites (tertiary alicyclic amines) is 1. The first kappa shape index (κ1) is 15.1. The standard InChI is InChI=1S/C14H25N3O3/c1-9-5-4-6-10(2)17(9)15-14(20)16-7-12(8-16)11(3)13(18)19/h9-12H,4-8H2,1-3H3,(H,15,20)(H,18,19). The molecule has 114 valence electrons. The highest BCUT2D eigenvalue weighted by atomic mass is 16.4. The monoisotopic (exact) mass is 283 g/mol. The molecule has 6 nitrogen and oxygen atoms in total. The first-order chi connectivity index (χ1) is 9.40. The Balaban J connectivity index is 1.81. The van der Waals surface area contributed by atoms with Gasteiger partial charge in [-0.1, -0.05) is 13.3 Å². The van der Waals surface area contributed by atoms with Crippen LogP contribution in [-0.2, 0) is 4.79 Å². The molecule has 0 spiro atoms. The Hall–Kier alpha value is -1.30. The summed E-state index contributed by atoms with van der Waals surface area (Å²) >= 11 is 0. The van der Waals surface area contributed by atoms with E-state index < -0.39 is 5.97 Å². The van der Waals surface area contributed by atoms with Crippen LogP contribution in [0.5, 0.6) is 0 Å². The number of rotatable bonds is 3. The molecule has 3 atom stereocenters. The van der Waals surface area contributed by atoms with Gasteiger partial charge in [0.25, 0.3) is 0 Å². The Morgan fingerprint density at radius 1 is 1.20 bits per heavy atom. The van der Waals surface area contributed by atoms with Crippen LogP contribution in [0.1, 0.15) is 40.0 Å². The molecule has 0 saturated carbocycles. The highest BCUT2D eigenvalue weighted by molar-refractivity contribution is 5.75. The summed E-state index contributed by atoms with van der Waals surface area (Å²) in [6.45, 7) is 7.03. The number of aliphatic carboxylic acids is 1. The number of carboxylic acids is 1. The van der Waals surface area contributed by atoms with Crippen molar-refractivity contribution >= 4 is 12.0 Å². The van der Waals surface area contributed by atoms with Gasteiger partial charge in [-0.15, -0.1) is 0 Å². The van der Waals surface area contributed by atoms with E-state index in [1.54, 1.807) is 11.8 Å². The summed E-state index contributed by atoms with van der Waals surface area (Å²) in [5, 5.41) is 11.0. The zero-order valence-electron chi connectivity index (χ0n) is 12.5. The minimum atomic E-state index is -0.784. The van der Waals surface area contributed by atoms with Gasteiger partial charge in [0.05, 0.1) is 5.92 Å². The van der Waals surface area contributed by atoms with Crippen LogP contribution >= 0.6 is 0 Å². The van der Waals surface area contributed by atoms with Crippen molar-refractivity contribution < 1.29 is 14.7 Å². The molecule has 3 unspecified atom stereocenters. The van der Waals surface area contributed by atoms with Crippen LogP contribution in [0.4, 0.5) is 4.79 Å². The van der Waals surface area contributed by atoms with Gasteiger partial charge in [-0.25, -0.2) is 9.80 Å². The summed E-state index contributed by atoms with van der Waals surface area (Å²) < 4.78 is 0. The van der Waals surface area contributed by atoms with Crippen molar-refractivity contribution in [3.05, 3.63) is 0 Å². The largest absolute Gasteiger partial charge is 0.481 e. The number of hydrogen-bond donors (Lipinski definition) is 2. The van der Waals surface area contributed by atoms with Gasteiger partial charge >= 0.3 is 12.0 Å². The lowest BCUT2D eigenvalue weighted by Crippen LogP contribution is -2.62. The van der Waals surface area contributed by atoms with E-state index in [9.17, 15) is 9.59 Å². The van der Waals surface area contributed by atoms with Crippen LogP contribution in [0.25, 0.3) is 0 Å². The Morgan fingerprint density at radius 3 is 2.25 bits per heavy atom. The number of carboxylic acid groups (broad SMARTS) is 1. The fourth-order valence-corrected chi connectivity index (χ4v) is 3.02. The van der Waals surface area contributed by atoms with Gasteiger partial charge in [0.15, 0.2) is 0 Å². The van der Waals surface area contributed by atoms with E-state index in [1.165, 1.54) is 6.42 Å². The third-order valence-corrected chi connectivity index (χ3v) is 4.71. The maximum atomic E-state index is 12.1. The van der Waals surface area contributed by atoms with Crippen molar-refractivity contribution in [2.75, 3.05) is 13.1 Å². The summed E-state index contributed by atoms with van der Waals surface area (Å²) in [7, 11) is 0. The molecule has 20 heavy (non-hydrogen) atoms. The van der Waals surface area contributed by atoms with Gasteiger partial charge in [-0.05, 0) is 26.7 Å². The molecule has 2 amide bonds. The van der Waals surface area contributed by atoms with Crippen molar-refractivity contribution in [2.45, 2.75) is 52.1 Å². The van der Waals surface area contributed by atoms with E-state index in [-0.39, 0.29) is 17.9 Å². The highest BCUT2D eigenvalue weighted by Crippen LogP contribution is 2.25. The average molecular weight is 283 g/mol. The number of hydrazine groups is 1. The van der Waals surface area contributed by atoms with Crippen LogP contribution in [-0.4, -0.2) is 52.2 Å². The Kier molecular flexibility index (Phi) is 4.52.